The lowest BCUT2D eigenvalue weighted by atomic mass is 10.00. The molecule has 0 saturated carbocycles. The van der Waals surface area contributed by atoms with E-state index in [1.807, 2.05) is 6.07 Å². The van der Waals surface area contributed by atoms with E-state index in [-0.39, 0.29) is 0 Å². The number of aryl methyl sites for hydroxylation is 1. The number of aromatic nitrogens is 2. The van der Waals surface area contributed by atoms with Crippen molar-refractivity contribution in [1.29, 1.82) is 0 Å². The van der Waals surface area contributed by atoms with Crippen LogP contribution in [0.3, 0.4) is 0 Å². The number of imidazole rings is 1. The lowest BCUT2D eigenvalue weighted by molar-refractivity contribution is 0.277. The molecule has 2 aromatic rings. The molecule has 1 aliphatic heterocycles. The van der Waals surface area contributed by atoms with Gasteiger partial charge in [-0.25, -0.2) is 9.98 Å². The Kier molecular flexibility index (Phi) is 3.82. The van der Waals surface area contributed by atoms with E-state index in [1.165, 1.54) is 18.4 Å². The number of aliphatic imine (C=N–C) groups is 1. The lowest BCUT2D eigenvalue weighted by Gasteiger charge is -2.30. The van der Waals surface area contributed by atoms with Crippen LogP contribution in [-0.2, 0) is 6.54 Å². The molecule has 3 N–H and O–H groups in total. The molecular weight excluding hydrogens is 262 g/mol. The molecule has 0 unspecified atom stereocenters. The maximum Gasteiger partial charge on any atom is 0.191 e. The minimum Gasteiger partial charge on any atom is -0.370 e. The first-order chi connectivity index (χ1) is 10.1. The van der Waals surface area contributed by atoms with Crippen LogP contribution in [0.5, 0.6) is 0 Å². The summed E-state index contributed by atoms with van der Waals surface area (Å²) >= 11 is 0. The largest absolute Gasteiger partial charge is 0.370 e. The number of nitrogens with one attached hydrogen (secondary N) is 1. The molecule has 1 aromatic heterocycles. The van der Waals surface area contributed by atoms with E-state index in [2.05, 4.69) is 45.8 Å². The zero-order valence-electron chi connectivity index (χ0n) is 12.8. The Morgan fingerprint density at radius 1 is 1.43 bits per heavy atom. The van der Waals surface area contributed by atoms with Crippen LogP contribution in [0.15, 0.2) is 23.2 Å². The van der Waals surface area contributed by atoms with Gasteiger partial charge >= 0.3 is 0 Å². The number of rotatable bonds is 2. The van der Waals surface area contributed by atoms with Crippen LogP contribution in [0.2, 0.25) is 0 Å². The number of aromatic amines is 1. The molecule has 3 rings (SSSR count). The third-order valence-corrected chi connectivity index (χ3v) is 4.18. The fourth-order valence-electron chi connectivity index (χ4n) is 2.74. The predicted octanol–water partition coefficient (Wildman–Crippen LogP) is 2.42. The second-order valence-electron chi connectivity index (χ2n) is 6.05. The molecule has 21 heavy (non-hydrogen) atoms. The van der Waals surface area contributed by atoms with Crippen LogP contribution < -0.4 is 5.73 Å². The second kappa shape index (κ2) is 5.76. The Bertz CT molecular complexity index is 650. The normalized spacial score (nSPS) is 17.6. The van der Waals surface area contributed by atoms with Crippen molar-refractivity contribution in [2.45, 2.75) is 33.2 Å². The Labute approximate surface area is 125 Å². The highest BCUT2D eigenvalue weighted by Crippen LogP contribution is 2.16. The number of hydrogen-bond donors (Lipinski definition) is 2. The first kappa shape index (κ1) is 13.9. The number of hydrogen-bond acceptors (Lipinski definition) is 2. The third kappa shape index (κ3) is 3.17. The molecule has 0 bridgehead atoms. The van der Waals surface area contributed by atoms with Crippen molar-refractivity contribution in [3.8, 4) is 0 Å². The smallest absolute Gasteiger partial charge is 0.191 e. The molecule has 0 amide bonds. The average Bonchev–Trinajstić information content (AvgIpc) is 2.87. The van der Waals surface area contributed by atoms with Crippen molar-refractivity contribution in [2.75, 3.05) is 13.1 Å². The van der Waals surface area contributed by atoms with Gasteiger partial charge in [-0.3, -0.25) is 0 Å². The topological polar surface area (TPSA) is 70.3 Å². The van der Waals surface area contributed by atoms with E-state index in [1.54, 1.807) is 0 Å². The number of likely N-dealkylation sites (tertiary alicyclic amines) is 1. The van der Waals surface area contributed by atoms with E-state index in [0.717, 1.165) is 35.9 Å². The van der Waals surface area contributed by atoms with E-state index in [0.29, 0.717) is 12.5 Å². The van der Waals surface area contributed by atoms with Crippen molar-refractivity contribution in [2.24, 2.45) is 16.6 Å². The fourth-order valence-corrected chi connectivity index (χ4v) is 2.74. The average molecular weight is 285 g/mol. The first-order valence-corrected chi connectivity index (χ1v) is 7.62. The summed E-state index contributed by atoms with van der Waals surface area (Å²) in [6.07, 6.45) is 2.39. The summed E-state index contributed by atoms with van der Waals surface area (Å²) in [6.45, 7) is 6.89. The Morgan fingerprint density at radius 2 is 2.19 bits per heavy atom. The molecule has 5 nitrogen and oxygen atoms in total. The van der Waals surface area contributed by atoms with Crippen molar-refractivity contribution >= 4 is 17.0 Å². The van der Waals surface area contributed by atoms with Crippen LogP contribution in [0, 0.1) is 12.8 Å². The summed E-state index contributed by atoms with van der Waals surface area (Å²) < 4.78 is 0. The van der Waals surface area contributed by atoms with Gasteiger partial charge in [0.1, 0.15) is 12.4 Å². The molecule has 0 radical (unpaired) electrons. The highest BCUT2D eigenvalue weighted by molar-refractivity contribution is 5.78. The monoisotopic (exact) mass is 285 g/mol. The van der Waals surface area contributed by atoms with Gasteiger partial charge in [-0.15, -0.1) is 0 Å². The number of fused-ring (bicyclic) bond motifs is 1. The third-order valence-electron chi connectivity index (χ3n) is 4.18. The number of guanidine groups is 1. The molecule has 2 heterocycles. The number of nitrogens with two attached hydrogens (primary N) is 1. The zero-order valence-corrected chi connectivity index (χ0v) is 12.8. The van der Waals surface area contributed by atoms with Crippen molar-refractivity contribution < 1.29 is 0 Å². The van der Waals surface area contributed by atoms with Gasteiger partial charge < -0.3 is 15.6 Å². The summed E-state index contributed by atoms with van der Waals surface area (Å²) in [4.78, 5) is 14.5. The minimum absolute atomic E-state index is 0.506. The molecule has 1 fully saturated rings. The maximum absolute atomic E-state index is 6.09. The van der Waals surface area contributed by atoms with Gasteiger partial charge in [0.2, 0.25) is 0 Å². The molecule has 0 aliphatic carbocycles. The highest BCUT2D eigenvalue weighted by atomic mass is 15.3. The number of piperidine rings is 1. The first-order valence-electron chi connectivity index (χ1n) is 7.62. The van der Waals surface area contributed by atoms with Crippen molar-refractivity contribution in [3.05, 3.63) is 29.6 Å². The SMILES string of the molecule is Cc1ccc2nc(CN=C(N)N3CCC(C)CC3)[nH]c2c1. The van der Waals surface area contributed by atoms with Gasteiger partial charge in [0.25, 0.3) is 0 Å². The Hall–Kier alpha value is -2.04. The van der Waals surface area contributed by atoms with Gasteiger partial charge in [-0.2, -0.15) is 0 Å². The maximum atomic E-state index is 6.09. The molecule has 0 atom stereocenters. The standard InChI is InChI=1S/C16H23N5/c1-11-5-7-21(8-6-11)16(17)18-10-15-19-13-4-3-12(2)9-14(13)20-15/h3-4,9,11H,5-8,10H2,1-2H3,(H2,17,18)(H,19,20). The summed E-state index contributed by atoms with van der Waals surface area (Å²) in [7, 11) is 0. The van der Waals surface area contributed by atoms with Crippen molar-refractivity contribution in [3.63, 3.8) is 0 Å². The van der Waals surface area contributed by atoms with Crippen LogP contribution in [0.4, 0.5) is 0 Å². The molecule has 1 aromatic carbocycles. The summed E-state index contributed by atoms with van der Waals surface area (Å²) in [5.74, 6) is 2.30. The Balaban J connectivity index is 1.68. The number of H-pyrrole nitrogens is 1. The summed E-state index contributed by atoms with van der Waals surface area (Å²) in [5.41, 5.74) is 9.36. The van der Waals surface area contributed by atoms with E-state index < -0.39 is 0 Å². The molecule has 5 heteroatoms. The van der Waals surface area contributed by atoms with Gasteiger partial charge in [-0.1, -0.05) is 13.0 Å². The Morgan fingerprint density at radius 3 is 2.95 bits per heavy atom. The second-order valence-corrected chi connectivity index (χ2v) is 6.05. The number of benzene rings is 1. The van der Waals surface area contributed by atoms with E-state index >= 15 is 0 Å². The van der Waals surface area contributed by atoms with Crippen LogP contribution in [0.25, 0.3) is 11.0 Å². The van der Waals surface area contributed by atoms with Crippen LogP contribution in [-0.4, -0.2) is 33.9 Å². The van der Waals surface area contributed by atoms with Gasteiger partial charge in [-0.05, 0) is 43.4 Å². The predicted molar refractivity (Wildman–Crippen MR) is 86.1 cm³/mol. The summed E-state index contributed by atoms with van der Waals surface area (Å²) in [6, 6.07) is 6.20. The van der Waals surface area contributed by atoms with E-state index in [9.17, 15) is 0 Å². The van der Waals surface area contributed by atoms with Crippen LogP contribution in [0.1, 0.15) is 31.2 Å². The van der Waals surface area contributed by atoms with E-state index in [4.69, 9.17) is 5.73 Å². The van der Waals surface area contributed by atoms with Gasteiger partial charge in [0.05, 0.1) is 11.0 Å². The quantitative estimate of drug-likeness (QED) is 0.657. The molecule has 112 valence electrons. The molecule has 1 saturated heterocycles. The molecule has 0 spiro atoms. The zero-order chi connectivity index (χ0) is 14.8. The lowest BCUT2D eigenvalue weighted by Crippen LogP contribution is -2.42. The van der Waals surface area contributed by atoms with Gasteiger partial charge in [0, 0.05) is 13.1 Å². The molecular formula is C16H23N5. The summed E-state index contributed by atoms with van der Waals surface area (Å²) in [5, 5.41) is 0. The highest BCUT2D eigenvalue weighted by Gasteiger charge is 2.16. The van der Waals surface area contributed by atoms with Crippen molar-refractivity contribution in [1.82, 2.24) is 14.9 Å². The minimum atomic E-state index is 0.506. The number of nitrogens with zero attached hydrogens (tertiary/aromatic N) is 3. The fraction of sp³-hybridized carbons (Fsp3) is 0.500. The van der Waals surface area contributed by atoms with Gasteiger partial charge in [0.15, 0.2) is 5.96 Å². The molecule has 1 aliphatic rings. The van der Waals surface area contributed by atoms with Crippen LogP contribution >= 0.6 is 0 Å².